The third-order valence-corrected chi connectivity index (χ3v) is 4.26. The van der Waals surface area contributed by atoms with E-state index in [-0.39, 0.29) is 12.1 Å². The Morgan fingerprint density at radius 3 is 2.68 bits per heavy atom. The van der Waals surface area contributed by atoms with Gasteiger partial charge in [-0.1, -0.05) is 0 Å². The lowest BCUT2D eigenvalue weighted by Crippen LogP contribution is -2.45. The summed E-state index contributed by atoms with van der Waals surface area (Å²) in [6.45, 7) is 0.113. The number of amides is 1. The molecule has 142 valence electrons. The molecule has 1 aliphatic heterocycles. The molecule has 1 saturated heterocycles. The zero-order valence-electron chi connectivity index (χ0n) is 13.6. The summed E-state index contributed by atoms with van der Waals surface area (Å²) in [6.07, 6.45) is -5.08. The van der Waals surface area contributed by atoms with Crippen molar-refractivity contribution in [1.29, 1.82) is 0 Å². The number of anilines is 2. The molecule has 1 atom stereocenters. The van der Waals surface area contributed by atoms with Crippen LogP contribution < -0.4 is 10.6 Å². The molecular weight excluding hydrogens is 349 g/mol. The standard InChI is InChI=1S/C14H20F5N5O/c1-22(13(25)14(17,18)19)9-3-2-5-23(6-4-9)12-10(20)7-21-24(12)8-11(15)16/h7,9,11H,2-6,8,20H2,1H3/t9-/m1/s1. The van der Waals surface area contributed by atoms with E-state index < -0.39 is 31.1 Å². The van der Waals surface area contributed by atoms with Crippen molar-refractivity contribution in [3.8, 4) is 0 Å². The molecule has 1 amide bonds. The molecular formula is C14H20F5N5O. The van der Waals surface area contributed by atoms with Crippen LogP contribution in [0.4, 0.5) is 33.5 Å². The molecule has 1 aromatic heterocycles. The summed E-state index contributed by atoms with van der Waals surface area (Å²) >= 11 is 0. The Hall–Kier alpha value is -2.07. The van der Waals surface area contributed by atoms with E-state index in [9.17, 15) is 26.7 Å². The molecule has 1 aromatic rings. The molecule has 25 heavy (non-hydrogen) atoms. The Labute approximate surface area is 141 Å². The molecule has 2 heterocycles. The van der Waals surface area contributed by atoms with Gasteiger partial charge in [0.1, 0.15) is 6.54 Å². The van der Waals surface area contributed by atoms with Crippen LogP contribution in [-0.4, -0.2) is 59.4 Å². The zero-order chi connectivity index (χ0) is 18.8. The number of alkyl halides is 5. The average molecular weight is 369 g/mol. The Kier molecular flexibility index (Phi) is 5.73. The van der Waals surface area contributed by atoms with E-state index in [1.807, 2.05) is 0 Å². The number of carbonyl (C=O) groups excluding carboxylic acids is 1. The topological polar surface area (TPSA) is 67.4 Å². The van der Waals surface area contributed by atoms with E-state index in [1.165, 1.54) is 6.20 Å². The minimum absolute atomic E-state index is 0.235. The third kappa shape index (κ3) is 4.51. The Bertz CT molecular complexity index is 603. The van der Waals surface area contributed by atoms with Crippen LogP contribution in [0.2, 0.25) is 0 Å². The van der Waals surface area contributed by atoms with Gasteiger partial charge in [-0.2, -0.15) is 18.3 Å². The van der Waals surface area contributed by atoms with Crippen LogP contribution in [0.15, 0.2) is 6.20 Å². The van der Waals surface area contributed by atoms with Crippen LogP contribution in [-0.2, 0) is 11.3 Å². The lowest BCUT2D eigenvalue weighted by molar-refractivity contribution is -0.186. The van der Waals surface area contributed by atoms with Gasteiger partial charge in [-0.05, 0) is 19.3 Å². The number of aromatic nitrogens is 2. The second kappa shape index (κ2) is 7.44. The number of hydrogen-bond donors (Lipinski definition) is 1. The number of hydrogen-bond acceptors (Lipinski definition) is 4. The molecule has 0 bridgehead atoms. The SMILES string of the molecule is CN(C(=O)C(F)(F)F)[C@@H]1CCCN(c2c(N)cnn2CC(F)F)CC1. The summed E-state index contributed by atoms with van der Waals surface area (Å²) in [7, 11) is 1.13. The average Bonchev–Trinajstić information content (AvgIpc) is 2.73. The molecule has 0 unspecified atom stereocenters. The lowest BCUT2D eigenvalue weighted by atomic mass is 10.1. The minimum atomic E-state index is -4.92. The fourth-order valence-electron chi connectivity index (χ4n) is 3.05. The monoisotopic (exact) mass is 369 g/mol. The zero-order valence-corrected chi connectivity index (χ0v) is 13.6. The van der Waals surface area contributed by atoms with Crippen LogP contribution in [0.3, 0.4) is 0 Å². The molecule has 6 nitrogen and oxygen atoms in total. The molecule has 0 saturated carbocycles. The molecule has 1 aliphatic rings. The predicted octanol–water partition coefficient (Wildman–Crippen LogP) is 2.11. The van der Waals surface area contributed by atoms with E-state index in [0.717, 1.165) is 11.7 Å². The quantitative estimate of drug-likeness (QED) is 0.826. The van der Waals surface area contributed by atoms with E-state index in [4.69, 9.17) is 5.73 Å². The molecule has 2 N–H and O–H groups in total. The number of nitrogens with two attached hydrogens (primary N) is 1. The number of nitrogen functional groups attached to an aromatic ring is 1. The van der Waals surface area contributed by atoms with E-state index in [0.29, 0.717) is 36.6 Å². The van der Waals surface area contributed by atoms with Gasteiger partial charge in [-0.25, -0.2) is 13.5 Å². The molecule has 11 heteroatoms. The van der Waals surface area contributed by atoms with Gasteiger partial charge in [0.2, 0.25) is 0 Å². The highest BCUT2D eigenvalue weighted by Crippen LogP contribution is 2.28. The maximum atomic E-state index is 12.7. The summed E-state index contributed by atoms with van der Waals surface area (Å²) in [4.78, 5) is 13.8. The Morgan fingerprint density at radius 2 is 2.08 bits per heavy atom. The summed E-state index contributed by atoms with van der Waals surface area (Å²) < 4.78 is 64.2. The van der Waals surface area contributed by atoms with Gasteiger partial charge in [-0.15, -0.1) is 0 Å². The van der Waals surface area contributed by atoms with Crippen LogP contribution in [0, 0.1) is 0 Å². The van der Waals surface area contributed by atoms with Crippen molar-refractivity contribution in [1.82, 2.24) is 14.7 Å². The van der Waals surface area contributed by atoms with Crippen molar-refractivity contribution in [3.05, 3.63) is 6.20 Å². The van der Waals surface area contributed by atoms with E-state index >= 15 is 0 Å². The van der Waals surface area contributed by atoms with Gasteiger partial charge in [0.05, 0.1) is 11.9 Å². The highest BCUT2D eigenvalue weighted by Gasteiger charge is 2.43. The number of rotatable bonds is 4. The normalized spacial score (nSPS) is 19.2. The summed E-state index contributed by atoms with van der Waals surface area (Å²) in [6, 6.07) is -0.577. The van der Waals surface area contributed by atoms with Gasteiger partial charge in [0, 0.05) is 26.2 Å². The van der Waals surface area contributed by atoms with Crippen LogP contribution in [0.5, 0.6) is 0 Å². The van der Waals surface area contributed by atoms with Crippen molar-refractivity contribution in [2.24, 2.45) is 0 Å². The van der Waals surface area contributed by atoms with Gasteiger partial charge in [0.15, 0.2) is 5.82 Å². The first-order valence-electron chi connectivity index (χ1n) is 7.79. The lowest BCUT2D eigenvalue weighted by Gasteiger charge is -2.28. The molecule has 0 aromatic carbocycles. The molecule has 2 rings (SSSR count). The fraction of sp³-hybridized carbons (Fsp3) is 0.714. The molecule has 0 radical (unpaired) electrons. The van der Waals surface area contributed by atoms with E-state index in [2.05, 4.69) is 5.10 Å². The minimum Gasteiger partial charge on any atom is -0.394 e. The maximum absolute atomic E-state index is 12.7. The van der Waals surface area contributed by atoms with Crippen LogP contribution in [0.25, 0.3) is 0 Å². The van der Waals surface area contributed by atoms with Crippen molar-refractivity contribution in [2.75, 3.05) is 30.8 Å². The largest absolute Gasteiger partial charge is 0.471 e. The number of nitrogens with zero attached hydrogens (tertiary/aromatic N) is 4. The number of halogens is 5. The number of carbonyl (C=O) groups is 1. The molecule has 0 aliphatic carbocycles. The van der Waals surface area contributed by atoms with Gasteiger partial charge in [-0.3, -0.25) is 4.79 Å². The van der Waals surface area contributed by atoms with Crippen molar-refractivity contribution in [3.63, 3.8) is 0 Å². The summed E-state index contributed by atoms with van der Waals surface area (Å²) in [5, 5.41) is 3.83. The fourth-order valence-corrected chi connectivity index (χ4v) is 3.05. The van der Waals surface area contributed by atoms with E-state index in [1.54, 1.807) is 4.90 Å². The predicted molar refractivity (Wildman–Crippen MR) is 81.3 cm³/mol. The highest BCUT2D eigenvalue weighted by molar-refractivity contribution is 5.81. The van der Waals surface area contributed by atoms with Crippen molar-refractivity contribution < 1.29 is 26.7 Å². The van der Waals surface area contributed by atoms with Crippen LogP contribution >= 0.6 is 0 Å². The smallest absolute Gasteiger partial charge is 0.394 e. The molecule has 1 fully saturated rings. The van der Waals surface area contributed by atoms with Crippen molar-refractivity contribution >= 4 is 17.4 Å². The Morgan fingerprint density at radius 1 is 1.40 bits per heavy atom. The second-order valence-corrected chi connectivity index (χ2v) is 5.98. The van der Waals surface area contributed by atoms with Gasteiger partial charge >= 0.3 is 12.1 Å². The maximum Gasteiger partial charge on any atom is 0.471 e. The highest BCUT2D eigenvalue weighted by atomic mass is 19.4. The van der Waals surface area contributed by atoms with Crippen LogP contribution in [0.1, 0.15) is 19.3 Å². The first kappa shape index (κ1) is 19.3. The van der Waals surface area contributed by atoms with Gasteiger partial charge < -0.3 is 15.5 Å². The summed E-state index contributed by atoms with van der Waals surface area (Å²) in [5.74, 6) is -1.54. The summed E-state index contributed by atoms with van der Waals surface area (Å²) in [5.41, 5.74) is 6.05. The second-order valence-electron chi connectivity index (χ2n) is 5.98. The first-order chi connectivity index (χ1) is 11.6. The van der Waals surface area contributed by atoms with Crippen molar-refractivity contribution in [2.45, 2.75) is 44.5 Å². The molecule has 0 spiro atoms. The van der Waals surface area contributed by atoms with Gasteiger partial charge in [0.25, 0.3) is 6.43 Å². The first-order valence-corrected chi connectivity index (χ1v) is 7.79. The third-order valence-electron chi connectivity index (χ3n) is 4.26. The Balaban J connectivity index is 2.10.